The van der Waals surface area contributed by atoms with Crippen molar-refractivity contribution in [2.45, 2.75) is 76.1 Å². The van der Waals surface area contributed by atoms with Gasteiger partial charge in [0.05, 0.1) is 17.4 Å². The van der Waals surface area contributed by atoms with E-state index in [0.29, 0.717) is 23.8 Å². The summed E-state index contributed by atoms with van der Waals surface area (Å²) >= 11 is 0. The van der Waals surface area contributed by atoms with Crippen LogP contribution in [0, 0.1) is 0 Å². The molecule has 0 saturated carbocycles. The van der Waals surface area contributed by atoms with Crippen LogP contribution in [-0.2, 0) is 23.3 Å². The van der Waals surface area contributed by atoms with E-state index in [1.54, 1.807) is 0 Å². The van der Waals surface area contributed by atoms with Crippen LogP contribution in [0.15, 0.2) is 163 Å². The molecule has 2 fully saturated rings. The second kappa shape index (κ2) is 16.8. The van der Waals surface area contributed by atoms with Gasteiger partial charge in [-0.3, -0.25) is 14.2 Å². The SMILES string of the molecule is CCCCc1nc2ccc([C@@H]3C[C@@H]4CCCCN4O3)cc2c(=O)n1Cc1ccc(-c2ccccc2-c2nnnn2C(c2ccccc2)(c2ccccc2)c2ccccc2)cc1. The topological polar surface area (TPSA) is 91.0 Å². The number of nitrogens with zero attached hydrogens (tertiary/aromatic N) is 7. The smallest absolute Gasteiger partial charge is 0.261 e. The lowest BCUT2D eigenvalue weighted by molar-refractivity contribution is -0.173. The molecular formula is C52H49N7O2. The van der Waals surface area contributed by atoms with Crippen molar-refractivity contribution in [3.05, 3.63) is 202 Å². The fourth-order valence-electron chi connectivity index (χ4n) is 9.56. The maximum atomic E-state index is 14.5. The summed E-state index contributed by atoms with van der Waals surface area (Å²) in [5.41, 5.74) is 7.98. The predicted octanol–water partition coefficient (Wildman–Crippen LogP) is 10.2. The molecular weight excluding hydrogens is 755 g/mol. The highest BCUT2D eigenvalue weighted by atomic mass is 16.7. The summed E-state index contributed by atoms with van der Waals surface area (Å²) in [6.45, 7) is 3.57. The van der Waals surface area contributed by atoms with E-state index in [4.69, 9.17) is 20.1 Å². The monoisotopic (exact) mass is 803 g/mol. The molecule has 2 aliphatic rings. The van der Waals surface area contributed by atoms with E-state index in [-0.39, 0.29) is 11.7 Å². The molecule has 9 heteroatoms. The van der Waals surface area contributed by atoms with Gasteiger partial charge < -0.3 is 0 Å². The van der Waals surface area contributed by atoms with Gasteiger partial charge in [-0.05, 0) is 87.2 Å². The number of tetrazole rings is 1. The number of fused-ring (bicyclic) bond motifs is 2. The summed E-state index contributed by atoms with van der Waals surface area (Å²) in [6, 6.07) is 54.8. The molecule has 0 aliphatic carbocycles. The van der Waals surface area contributed by atoms with E-state index in [9.17, 15) is 4.79 Å². The molecule has 2 saturated heterocycles. The van der Waals surface area contributed by atoms with Gasteiger partial charge in [-0.2, -0.15) is 5.06 Å². The van der Waals surface area contributed by atoms with Gasteiger partial charge in [0.15, 0.2) is 5.82 Å². The lowest BCUT2D eigenvalue weighted by Gasteiger charge is -2.36. The first-order valence-corrected chi connectivity index (χ1v) is 21.7. The highest BCUT2D eigenvalue weighted by molar-refractivity contribution is 5.81. The Balaban J connectivity index is 1.02. The molecule has 9 nitrogen and oxygen atoms in total. The van der Waals surface area contributed by atoms with Gasteiger partial charge in [0.2, 0.25) is 0 Å². The Morgan fingerprint density at radius 1 is 0.738 bits per heavy atom. The predicted molar refractivity (Wildman–Crippen MR) is 240 cm³/mol. The van der Waals surface area contributed by atoms with E-state index >= 15 is 0 Å². The third kappa shape index (κ3) is 7.17. The molecule has 0 amide bonds. The van der Waals surface area contributed by atoms with Gasteiger partial charge in [0.25, 0.3) is 5.56 Å². The highest BCUT2D eigenvalue weighted by Gasteiger charge is 2.42. The number of hydrogen-bond donors (Lipinski definition) is 0. The van der Waals surface area contributed by atoms with Crippen LogP contribution in [0.5, 0.6) is 0 Å². The minimum absolute atomic E-state index is 0.00587. The van der Waals surface area contributed by atoms with Crippen LogP contribution in [-0.4, -0.2) is 47.4 Å². The van der Waals surface area contributed by atoms with E-state index in [0.717, 1.165) is 88.1 Å². The fourth-order valence-corrected chi connectivity index (χ4v) is 9.56. The van der Waals surface area contributed by atoms with Crippen LogP contribution in [0.3, 0.4) is 0 Å². The van der Waals surface area contributed by atoms with Gasteiger partial charge in [-0.15, -0.1) is 5.10 Å². The second-order valence-electron chi connectivity index (χ2n) is 16.4. The maximum absolute atomic E-state index is 14.5. The first kappa shape index (κ1) is 38.6. The van der Waals surface area contributed by atoms with Crippen LogP contribution in [0.2, 0.25) is 0 Å². The quantitative estimate of drug-likeness (QED) is 0.114. The van der Waals surface area contributed by atoms with Crippen molar-refractivity contribution in [1.29, 1.82) is 0 Å². The van der Waals surface area contributed by atoms with Gasteiger partial charge in [-0.25, -0.2) is 9.67 Å². The van der Waals surface area contributed by atoms with Gasteiger partial charge in [0.1, 0.15) is 17.5 Å². The van der Waals surface area contributed by atoms with E-state index in [1.807, 2.05) is 45.6 Å². The van der Waals surface area contributed by atoms with E-state index in [1.165, 1.54) is 19.3 Å². The second-order valence-corrected chi connectivity index (χ2v) is 16.4. The zero-order valence-electron chi connectivity index (χ0n) is 34.5. The first-order valence-electron chi connectivity index (χ1n) is 21.7. The molecule has 0 N–H and O–H groups in total. The number of unbranched alkanes of at least 4 members (excludes halogenated alkanes) is 1. The summed E-state index contributed by atoms with van der Waals surface area (Å²) in [5.74, 6) is 1.46. The molecule has 4 heterocycles. The Bertz CT molecular complexity index is 2710. The van der Waals surface area contributed by atoms with Crippen molar-refractivity contribution in [3.8, 4) is 22.5 Å². The number of aryl methyl sites for hydroxylation is 1. The Hall–Kier alpha value is -6.55. The first-order chi connectivity index (χ1) is 30.1. The van der Waals surface area contributed by atoms with Crippen LogP contribution in [0.25, 0.3) is 33.4 Å². The summed E-state index contributed by atoms with van der Waals surface area (Å²) in [7, 11) is 0. The summed E-state index contributed by atoms with van der Waals surface area (Å²) in [6.07, 6.45) is 7.22. The molecule has 6 aromatic carbocycles. The highest BCUT2D eigenvalue weighted by Crippen LogP contribution is 2.44. The van der Waals surface area contributed by atoms with Gasteiger partial charge in [-0.1, -0.05) is 165 Å². The molecule has 8 aromatic rings. The van der Waals surface area contributed by atoms with Crippen LogP contribution in [0.1, 0.15) is 85.2 Å². The Labute approximate surface area is 356 Å². The Morgan fingerprint density at radius 3 is 2.05 bits per heavy atom. The summed E-state index contributed by atoms with van der Waals surface area (Å²) < 4.78 is 3.86. The number of rotatable bonds is 12. The average molecular weight is 804 g/mol. The third-order valence-electron chi connectivity index (χ3n) is 12.6. The zero-order valence-corrected chi connectivity index (χ0v) is 34.5. The molecule has 0 radical (unpaired) electrons. The zero-order chi connectivity index (χ0) is 41.2. The Kier molecular flexibility index (Phi) is 10.7. The standard InChI is InChI=1S/C52H49N7O2/c1-2-3-26-49-53-47-32-31-39(48-35-43-23-15-16-33-58(43)61-48)34-46(47)51(60)57(49)36-37-27-29-38(30-28-37)44-24-13-14-25-45(44)50-54-55-56-59(50)52(40-17-7-4-8-18-40,41-19-9-5-10-20-41)42-21-11-6-12-22-42/h4-14,17-22,24-25,27-32,34,43,48H,2-3,15-16,23,26,33,35-36H2,1H3/t43-,48-/m0/s1. The molecule has 61 heavy (non-hydrogen) atoms. The molecule has 2 aliphatic heterocycles. The van der Waals surface area contributed by atoms with Crippen LogP contribution >= 0.6 is 0 Å². The summed E-state index contributed by atoms with van der Waals surface area (Å²) in [5, 5.41) is 16.7. The summed E-state index contributed by atoms with van der Waals surface area (Å²) in [4.78, 5) is 26.0. The van der Waals surface area contributed by atoms with Crippen molar-refractivity contribution in [2.75, 3.05) is 6.54 Å². The van der Waals surface area contributed by atoms with Crippen molar-refractivity contribution in [2.24, 2.45) is 0 Å². The third-order valence-corrected chi connectivity index (χ3v) is 12.6. The van der Waals surface area contributed by atoms with Gasteiger partial charge in [0, 0.05) is 24.6 Å². The molecule has 0 unspecified atom stereocenters. The Morgan fingerprint density at radius 2 is 1.39 bits per heavy atom. The van der Waals surface area contributed by atoms with E-state index < -0.39 is 5.54 Å². The van der Waals surface area contributed by atoms with Crippen molar-refractivity contribution in [1.82, 2.24) is 34.8 Å². The number of piperidine rings is 1. The number of benzene rings is 6. The minimum atomic E-state index is -0.878. The molecule has 2 atom stereocenters. The van der Waals surface area contributed by atoms with E-state index in [2.05, 4.69) is 139 Å². The van der Waals surface area contributed by atoms with Gasteiger partial charge >= 0.3 is 0 Å². The van der Waals surface area contributed by atoms with Crippen LogP contribution < -0.4 is 5.56 Å². The number of hydroxylamine groups is 2. The normalized spacial score (nSPS) is 16.8. The average Bonchev–Trinajstić information content (AvgIpc) is 4.00. The molecule has 0 spiro atoms. The lowest BCUT2D eigenvalue weighted by Crippen LogP contribution is -2.39. The number of aromatic nitrogens is 6. The number of hydrogen-bond acceptors (Lipinski definition) is 7. The van der Waals surface area contributed by atoms with Crippen LogP contribution in [0.4, 0.5) is 0 Å². The van der Waals surface area contributed by atoms with Crippen molar-refractivity contribution in [3.63, 3.8) is 0 Å². The fraction of sp³-hybridized carbons (Fsp3) is 0.250. The largest absolute Gasteiger partial charge is 0.292 e. The molecule has 10 rings (SSSR count). The lowest BCUT2D eigenvalue weighted by atomic mass is 9.77. The molecule has 0 bridgehead atoms. The maximum Gasteiger partial charge on any atom is 0.261 e. The molecule has 2 aromatic heterocycles. The van der Waals surface area contributed by atoms with Crippen molar-refractivity contribution >= 4 is 10.9 Å². The molecule has 304 valence electrons. The minimum Gasteiger partial charge on any atom is -0.292 e. The van der Waals surface area contributed by atoms with Crippen molar-refractivity contribution < 1.29 is 4.84 Å².